The van der Waals surface area contributed by atoms with Crippen LogP contribution in [0.3, 0.4) is 0 Å². The normalized spacial score (nSPS) is 20.3. The van der Waals surface area contributed by atoms with Crippen LogP contribution in [-0.2, 0) is 9.84 Å². The van der Waals surface area contributed by atoms with Gasteiger partial charge in [-0.05, 0) is 24.3 Å². The number of carbonyl (C=O) groups is 1. The summed E-state index contributed by atoms with van der Waals surface area (Å²) in [5.41, 5.74) is 0.951. The number of aromatic carboxylic acids is 1. The zero-order valence-corrected chi connectivity index (χ0v) is 12.1. The number of sulfone groups is 1. The Morgan fingerprint density at radius 2 is 2.00 bits per heavy atom. The number of anilines is 1. The molecule has 19 heavy (non-hydrogen) atoms. The lowest BCUT2D eigenvalue weighted by Crippen LogP contribution is -2.47. The first-order valence-electron chi connectivity index (χ1n) is 5.76. The van der Waals surface area contributed by atoms with Gasteiger partial charge in [0.2, 0.25) is 0 Å². The van der Waals surface area contributed by atoms with Crippen molar-refractivity contribution in [2.24, 2.45) is 0 Å². The van der Waals surface area contributed by atoms with E-state index in [-0.39, 0.29) is 5.56 Å². The third-order valence-corrected chi connectivity index (χ3v) is 5.67. The molecule has 1 atom stereocenters. The van der Waals surface area contributed by atoms with Crippen LogP contribution in [0.4, 0.5) is 5.69 Å². The molecule has 0 saturated carbocycles. The predicted molar refractivity (Wildman–Crippen MR) is 76.7 cm³/mol. The number of hydrogen-bond acceptors (Lipinski definition) is 5. The number of carboxylic acid groups (broad SMARTS) is 1. The van der Waals surface area contributed by atoms with Crippen LogP contribution in [0.25, 0.3) is 0 Å². The van der Waals surface area contributed by atoms with Crippen LogP contribution in [0.15, 0.2) is 24.3 Å². The van der Waals surface area contributed by atoms with Gasteiger partial charge >= 0.3 is 5.97 Å². The second kappa shape index (κ2) is 5.42. The summed E-state index contributed by atoms with van der Waals surface area (Å²) in [4.78, 5) is 12.6. The minimum absolute atomic E-state index is 0.200. The summed E-state index contributed by atoms with van der Waals surface area (Å²) in [6.45, 7) is 0.648. The van der Waals surface area contributed by atoms with E-state index in [2.05, 4.69) is 0 Å². The minimum Gasteiger partial charge on any atom is -0.478 e. The molecule has 1 unspecified atom stereocenters. The Hall–Kier alpha value is -1.21. The van der Waals surface area contributed by atoms with Crippen molar-refractivity contribution in [3.05, 3.63) is 29.8 Å². The molecular weight excluding hydrogens is 286 g/mol. The number of carboxylic acids is 1. The maximum Gasteiger partial charge on any atom is 0.335 e. The highest BCUT2D eigenvalue weighted by Gasteiger charge is 2.31. The minimum atomic E-state index is -3.16. The molecule has 104 valence electrons. The van der Waals surface area contributed by atoms with Crippen LogP contribution >= 0.6 is 11.8 Å². The first-order valence-corrected chi connectivity index (χ1v) is 8.87. The SMILES string of the molecule is CS(=O)(=O)C1CSCCN1c1ccc(C(=O)O)cc1. The van der Waals surface area contributed by atoms with Gasteiger partial charge in [0.05, 0.1) is 5.56 Å². The number of benzene rings is 1. The summed E-state index contributed by atoms with van der Waals surface area (Å²) in [5.74, 6) is 0.423. The molecule has 1 N–H and O–H groups in total. The molecule has 1 aromatic carbocycles. The predicted octanol–water partition coefficient (Wildman–Crippen LogP) is 1.31. The number of nitrogens with zero attached hydrogens (tertiary/aromatic N) is 1. The van der Waals surface area contributed by atoms with Crippen LogP contribution in [0, 0.1) is 0 Å². The first kappa shape index (κ1) is 14.2. The van der Waals surface area contributed by atoms with Crippen LogP contribution in [0.5, 0.6) is 0 Å². The maximum atomic E-state index is 11.8. The highest BCUT2D eigenvalue weighted by atomic mass is 32.2. The summed E-state index contributed by atoms with van der Waals surface area (Å²) >= 11 is 1.62. The monoisotopic (exact) mass is 301 g/mol. The van der Waals surface area contributed by atoms with Gasteiger partial charge in [0.25, 0.3) is 0 Å². The van der Waals surface area contributed by atoms with E-state index >= 15 is 0 Å². The van der Waals surface area contributed by atoms with Gasteiger partial charge in [-0.3, -0.25) is 0 Å². The molecule has 0 bridgehead atoms. The molecular formula is C12H15NO4S2. The molecule has 0 spiro atoms. The summed E-state index contributed by atoms with van der Waals surface area (Å²) < 4.78 is 23.6. The molecule has 0 amide bonds. The lowest BCUT2D eigenvalue weighted by Gasteiger charge is -2.35. The Kier molecular flexibility index (Phi) is 4.05. The Balaban J connectivity index is 2.30. The van der Waals surface area contributed by atoms with E-state index in [9.17, 15) is 13.2 Å². The Morgan fingerprint density at radius 3 is 2.53 bits per heavy atom. The van der Waals surface area contributed by atoms with E-state index in [1.165, 1.54) is 18.4 Å². The highest BCUT2D eigenvalue weighted by Crippen LogP contribution is 2.26. The molecule has 1 aromatic rings. The fourth-order valence-corrected chi connectivity index (χ4v) is 4.87. The molecule has 2 rings (SSSR count). The van der Waals surface area contributed by atoms with Crippen molar-refractivity contribution in [1.82, 2.24) is 0 Å². The van der Waals surface area contributed by atoms with Gasteiger partial charge in [0.15, 0.2) is 9.84 Å². The second-order valence-corrected chi connectivity index (χ2v) is 7.76. The van der Waals surface area contributed by atoms with Crippen molar-refractivity contribution >= 4 is 33.3 Å². The number of rotatable bonds is 3. The number of thioether (sulfide) groups is 1. The van der Waals surface area contributed by atoms with E-state index in [0.29, 0.717) is 12.3 Å². The van der Waals surface area contributed by atoms with Crippen molar-refractivity contribution in [3.8, 4) is 0 Å². The van der Waals surface area contributed by atoms with E-state index in [4.69, 9.17) is 5.11 Å². The van der Waals surface area contributed by atoms with E-state index < -0.39 is 21.2 Å². The van der Waals surface area contributed by atoms with Crippen LogP contribution in [-0.4, -0.2) is 49.2 Å². The van der Waals surface area contributed by atoms with Crippen molar-refractivity contribution in [2.75, 3.05) is 29.2 Å². The molecule has 0 aliphatic carbocycles. The lowest BCUT2D eigenvalue weighted by atomic mass is 10.2. The van der Waals surface area contributed by atoms with E-state index in [1.807, 2.05) is 4.90 Å². The average molecular weight is 301 g/mol. The van der Waals surface area contributed by atoms with Gasteiger partial charge < -0.3 is 10.0 Å². The molecule has 1 saturated heterocycles. The van der Waals surface area contributed by atoms with Crippen LogP contribution in [0.2, 0.25) is 0 Å². The van der Waals surface area contributed by atoms with Crippen molar-refractivity contribution in [1.29, 1.82) is 0 Å². The second-order valence-electron chi connectivity index (χ2n) is 4.40. The van der Waals surface area contributed by atoms with Crippen LogP contribution < -0.4 is 4.90 Å². The van der Waals surface area contributed by atoms with Gasteiger partial charge in [-0.1, -0.05) is 0 Å². The van der Waals surface area contributed by atoms with Crippen molar-refractivity contribution < 1.29 is 18.3 Å². The standard InChI is InChI=1S/C12H15NO4S2/c1-19(16,17)11-8-18-7-6-13(11)10-4-2-9(3-5-10)12(14)15/h2-5,11H,6-8H2,1H3,(H,14,15). The third-order valence-electron chi connectivity index (χ3n) is 3.02. The van der Waals surface area contributed by atoms with Gasteiger partial charge in [0, 0.05) is 30.0 Å². The van der Waals surface area contributed by atoms with Gasteiger partial charge in [-0.25, -0.2) is 13.2 Å². The Morgan fingerprint density at radius 1 is 1.37 bits per heavy atom. The molecule has 7 heteroatoms. The fraction of sp³-hybridized carbons (Fsp3) is 0.417. The fourth-order valence-electron chi connectivity index (χ4n) is 2.03. The zero-order chi connectivity index (χ0) is 14.0. The molecule has 1 fully saturated rings. The maximum absolute atomic E-state index is 11.8. The van der Waals surface area contributed by atoms with Gasteiger partial charge in [-0.15, -0.1) is 0 Å². The summed E-state index contributed by atoms with van der Waals surface area (Å²) in [6.07, 6.45) is 1.24. The Bertz CT molecular complexity index is 568. The van der Waals surface area contributed by atoms with E-state index in [0.717, 1.165) is 11.4 Å². The number of hydrogen-bond donors (Lipinski definition) is 1. The molecule has 1 aliphatic heterocycles. The van der Waals surface area contributed by atoms with Gasteiger partial charge in [-0.2, -0.15) is 11.8 Å². The zero-order valence-electron chi connectivity index (χ0n) is 10.4. The quantitative estimate of drug-likeness (QED) is 0.907. The molecule has 0 radical (unpaired) electrons. The third kappa shape index (κ3) is 3.22. The molecule has 5 nitrogen and oxygen atoms in total. The summed E-state index contributed by atoms with van der Waals surface area (Å²) in [5, 5.41) is 8.31. The lowest BCUT2D eigenvalue weighted by molar-refractivity contribution is 0.0697. The van der Waals surface area contributed by atoms with Crippen molar-refractivity contribution in [2.45, 2.75) is 5.37 Å². The van der Waals surface area contributed by atoms with Gasteiger partial charge in [0.1, 0.15) is 5.37 Å². The average Bonchev–Trinajstić information content (AvgIpc) is 2.38. The van der Waals surface area contributed by atoms with Crippen LogP contribution in [0.1, 0.15) is 10.4 Å². The largest absolute Gasteiger partial charge is 0.478 e. The molecule has 0 aromatic heterocycles. The Labute approximate surface area is 116 Å². The topological polar surface area (TPSA) is 74.7 Å². The van der Waals surface area contributed by atoms with E-state index in [1.54, 1.807) is 23.9 Å². The smallest absolute Gasteiger partial charge is 0.335 e. The first-order chi connectivity index (χ1) is 8.89. The summed E-state index contributed by atoms with van der Waals surface area (Å²) in [7, 11) is -3.16. The highest BCUT2D eigenvalue weighted by molar-refractivity contribution is 8.01. The van der Waals surface area contributed by atoms with Crippen molar-refractivity contribution in [3.63, 3.8) is 0 Å². The molecule has 1 aliphatic rings. The molecule has 1 heterocycles. The summed E-state index contributed by atoms with van der Waals surface area (Å²) in [6, 6.07) is 6.33.